The van der Waals surface area contributed by atoms with Crippen molar-refractivity contribution in [3.63, 3.8) is 0 Å². The Kier molecular flexibility index (Phi) is 6.06. The van der Waals surface area contributed by atoms with E-state index in [1.807, 2.05) is 25.1 Å². The quantitative estimate of drug-likeness (QED) is 0.681. The molecule has 1 N–H and O–H groups in total. The fourth-order valence-electron chi connectivity index (χ4n) is 2.24. The lowest BCUT2D eigenvalue weighted by molar-refractivity contribution is 0.539. The zero-order chi connectivity index (χ0) is 15.4. The zero-order valence-corrected chi connectivity index (χ0v) is 14.6. The normalized spacial score (nSPS) is 12.4. The molecule has 2 aromatic carbocycles. The van der Waals surface area contributed by atoms with E-state index in [1.165, 1.54) is 6.07 Å². The summed E-state index contributed by atoms with van der Waals surface area (Å²) in [5.41, 5.74) is 1.85. The first kappa shape index (κ1) is 16.8. The van der Waals surface area contributed by atoms with Crippen LogP contribution in [0.1, 0.15) is 24.1 Å². The Bertz CT molecular complexity index is 634. The van der Waals surface area contributed by atoms with E-state index < -0.39 is 0 Å². The Morgan fingerprint density at radius 2 is 2.00 bits per heavy atom. The van der Waals surface area contributed by atoms with Crippen molar-refractivity contribution >= 4 is 39.1 Å². The van der Waals surface area contributed by atoms with Gasteiger partial charge in [-0.2, -0.15) is 0 Å². The van der Waals surface area contributed by atoms with Crippen LogP contribution in [0.15, 0.2) is 40.9 Å². The molecule has 0 amide bonds. The number of likely N-dealkylation sites (N-methyl/N-ethyl adjacent to an activating group) is 1. The summed E-state index contributed by atoms with van der Waals surface area (Å²) in [6.45, 7) is 2.79. The van der Waals surface area contributed by atoms with Gasteiger partial charge in [0.2, 0.25) is 0 Å². The number of rotatable bonds is 5. The first-order chi connectivity index (χ1) is 10.0. The van der Waals surface area contributed by atoms with Crippen molar-refractivity contribution < 1.29 is 4.39 Å². The number of hydrogen-bond acceptors (Lipinski definition) is 1. The Balaban J connectivity index is 2.33. The van der Waals surface area contributed by atoms with Crippen LogP contribution in [-0.2, 0) is 6.42 Å². The average molecular weight is 391 g/mol. The van der Waals surface area contributed by atoms with E-state index in [2.05, 4.69) is 21.2 Å². The third-order valence-electron chi connectivity index (χ3n) is 3.25. The van der Waals surface area contributed by atoms with Crippen LogP contribution in [0.2, 0.25) is 10.0 Å². The molecule has 0 aliphatic heterocycles. The topological polar surface area (TPSA) is 12.0 Å². The molecule has 2 rings (SSSR count). The summed E-state index contributed by atoms with van der Waals surface area (Å²) in [5, 5.41) is 4.60. The molecule has 0 aliphatic carbocycles. The van der Waals surface area contributed by atoms with Gasteiger partial charge in [-0.15, -0.1) is 0 Å². The molecule has 21 heavy (non-hydrogen) atoms. The van der Waals surface area contributed by atoms with Crippen LogP contribution >= 0.6 is 39.1 Å². The third-order valence-corrected chi connectivity index (χ3v) is 4.67. The Morgan fingerprint density at radius 3 is 2.67 bits per heavy atom. The van der Waals surface area contributed by atoms with Gasteiger partial charge in [-0.05, 0) is 58.2 Å². The second-order valence-corrected chi connectivity index (χ2v) is 6.33. The monoisotopic (exact) mass is 389 g/mol. The highest BCUT2D eigenvalue weighted by molar-refractivity contribution is 9.10. The zero-order valence-electron chi connectivity index (χ0n) is 11.5. The summed E-state index contributed by atoms with van der Waals surface area (Å²) in [5.74, 6) is -0.266. The van der Waals surface area contributed by atoms with E-state index in [0.29, 0.717) is 20.9 Å². The molecular weight excluding hydrogens is 376 g/mol. The molecule has 0 spiro atoms. The van der Waals surface area contributed by atoms with Gasteiger partial charge < -0.3 is 5.32 Å². The molecule has 0 saturated carbocycles. The lowest BCUT2D eigenvalue weighted by atomic mass is 9.98. The van der Waals surface area contributed by atoms with Crippen LogP contribution in [0.4, 0.5) is 4.39 Å². The molecule has 0 saturated heterocycles. The SMILES string of the molecule is CCNC(Cc1ccc(Cl)cc1Cl)c1cccc(F)c1Br. The minimum Gasteiger partial charge on any atom is -0.310 e. The Labute approximate surface area is 142 Å². The number of hydrogen-bond donors (Lipinski definition) is 1. The summed E-state index contributed by atoms with van der Waals surface area (Å²) in [7, 11) is 0. The second-order valence-electron chi connectivity index (χ2n) is 4.69. The van der Waals surface area contributed by atoms with Gasteiger partial charge >= 0.3 is 0 Å². The van der Waals surface area contributed by atoms with Gasteiger partial charge in [0, 0.05) is 16.1 Å². The predicted octanol–water partition coefficient (Wildman–Crippen LogP) is 5.79. The van der Waals surface area contributed by atoms with E-state index >= 15 is 0 Å². The number of benzene rings is 2. The second kappa shape index (κ2) is 7.59. The van der Waals surface area contributed by atoms with Crippen molar-refractivity contribution in [3.8, 4) is 0 Å². The maximum absolute atomic E-state index is 13.7. The van der Waals surface area contributed by atoms with Gasteiger partial charge in [-0.3, -0.25) is 0 Å². The number of nitrogens with one attached hydrogen (secondary N) is 1. The molecule has 0 radical (unpaired) electrons. The lowest BCUT2D eigenvalue weighted by Gasteiger charge is -2.21. The van der Waals surface area contributed by atoms with Gasteiger partial charge in [0.15, 0.2) is 0 Å². The van der Waals surface area contributed by atoms with Gasteiger partial charge in [0.05, 0.1) is 4.47 Å². The van der Waals surface area contributed by atoms with Crippen molar-refractivity contribution in [2.75, 3.05) is 6.54 Å². The standard InChI is InChI=1S/C16H15BrCl2FN/c1-2-21-15(12-4-3-5-14(20)16(12)17)8-10-6-7-11(18)9-13(10)19/h3-7,9,15,21H,2,8H2,1H3. The van der Waals surface area contributed by atoms with Crippen LogP contribution in [-0.4, -0.2) is 6.54 Å². The molecule has 0 bridgehead atoms. The predicted molar refractivity (Wildman–Crippen MR) is 90.7 cm³/mol. The molecule has 2 aromatic rings. The maximum atomic E-state index is 13.7. The summed E-state index contributed by atoms with van der Waals surface area (Å²) >= 11 is 15.5. The van der Waals surface area contributed by atoms with E-state index in [1.54, 1.807) is 12.1 Å². The maximum Gasteiger partial charge on any atom is 0.137 e. The average Bonchev–Trinajstić information content (AvgIpc) is 2.44. The van der Waals surface area contributed by atoms with Crippen LogP contribution in [0.25, 0.3) is 0 Å². The van der Waals surface area contributed by atoms with Crippen LogP contribution in [0, 0.1) is 5.82 Å². The van der Waals surface area contributed by atoms with Crippen molar-refractivity contribution in [2.24, 2.45) is 0 Å². The van der Waals surface area contributed by atoms with E-state index in [-0.39, 0.29) is 11.9 Å². The molecule has 0 aromatic heterocycles. The summed E-state index contributed by atoms with van der Waals surface area (Å²) in [4.78, 5) is 0. The van der Waals surface area contributed by atoms with Crippen molar-refractivity contribution in [1.82, 2.24) is 5.32 Å². The fourth-order valence-corrected chi connectivity index (χ4v) is 3.26. The smallest absolute Gasteiger partial charge is 0.137 e. The Morgan fingerprint density at radius 1 is 1.24 bits per heavy atom. The molecule has 1 atom stereocenters. The van der Waals surface area contributed by atoms with Gasteiger partial charge in [0.25, 0.3) is 0 Å². The highest BCUT2D eigenvalue weighted by atomic mass is 79.9. The number of halogens is 4. The first-order valence-corrected chi connectivity index (χ1v) is 8.19. The molecule has 0 fully saturated rings. The third kappa shape index (κ3) is 4.19. The van der Waals surface area contributed by atoms with Gasteiger partial charge in [-0.25, -0.2) is 4.39 Å². The first-order valence-electron chi connectivity index (χ1n) is 6.64. The lowest BCUT2D eigenvalue weighted by Crippen LogP contribution is -2.23. The van der Waals surface area contributed by atoms with Crippen LogP contribution < -0.4 is 5.32 Å². The van der Waals surface area contributed by atoms with E-state index in [9.17, 15) is 4.39 Å². The van der Waals surface area contributed by atoms with Crippen LogP contribution in [0.3, 0.4) is 0 Å². The molecule has 1 nitrogen and oxygen atoms in total. The van der Waals surface area contributed by atoms with Gasteiger partial charge in [-0.1, -0.05) is 48.3 Å². The largest absolute Gasteiger partial charge is 0.310 e. The molecular formula is C16H15BrCl2FN. The van der Waals surface area contributed by atoms with Crippen molar-refractivity contribution in [2.45, 2.75) is 19.4 Å². The molecule has 0 heterocycles. The minimum absolute atomic E-state index is 0.0289. The van der Waals surface area contributed by atoms with Gasteiger partial charge in [0.1, 0.15) is 5.82 Å². The minimum atomic E-state index is -0.266. The summed E-state index contributed by atoms with van der Waals surface area (Å²) in [6.07, 6.45) is 0.659. The van der Waals surface area contributed by atoms with Crippen LogP contribution in [0.5, 0.6) is 0 Å². The fraction of sp³-hybridized carbons (Fsp3) is 0.250. The van der Waals surface area contributed by atoms with Crippen molar-refractivity contribution in [3.05, 3.63) is 67.9 Å². The van der Waals surface area contributed by atoms with E-state index in [0.717, 1.165) is 17.7 Å². The summed E-state index contributed by atoms with van der Waals surface area (Å²) < 4.78 is 14.2. The molecule has 5 heteroatoms. The van der Waals surface area contributed by atoms with E-state index in [4.69, 9.17) is 23.2 Å². The molecule has 0 aliphatic rings. The van der Waals surface area contributed by atoms with Crippen molar-refractivity contribution in [1.29, 1.82) is 0 Å². The molecule has 1 unspecified atom stereocenters. The highest BCUT2D eigenvalue weighted by Crippen LogP contribution is 2.31. The Hall–Kier alpha value is -0.610. The summed E-state index contributed by atoms with van der Waals surface area (Å²) in [6, 6.07) is 10.5. The molecule has 112 valence electrons. The highest BCUT2D eigenvalue weighted by Gasteiger charge is 2.17.